The molecule has 2 rings (SSSR count). The number of benzene rings is 1. The number of hydrogen-bond donors (Lipinski definition) is 4. The van der Waals surface area contributed by atoms with Crippen LogP contribution in [0.25, 0.3) is 10.9 Å². The van der Waals surface area contributed by atoms with E-state index in [9.17, 15) is 9.59 Å². The fourth-order valence-electron chi connectivity index (χ4n) is 2.46. The summed E-state index contributed by atoms with van der Waals surface area (Å²) in [7, 11) is 0. The van der Waals surface area contributed by atoms with Crippen LogP contribution in [-0.2, 0) is 16.0 Å². The quantitative estimate of drug-likeness (QED) is 0.628. The highest BCUT2D eigenvalue weighted by Crippen LogP contribution is 2.18. The van der Waals surface area contributed by atoms with Gasteiger partial charge in [-0.15, -0.1) is 0 Å². The Balaban J connectivity index is 2.06. The van der Waals surface area contributed by atoms with Gasteiger partial charge in [0.25, 0.3) is 0 Å². The Hall–Kier alpha value is -2.34. The number of fused-ring (bicyclic) bond motifs is 1. The summed E-state index contributed by atoms with van der Waals surface area (Å²) in [6, 6.07) is 6.38. The molecule has 6 N–H and O–H groups in total. The predicted molar refractivity (Wildman–Crippen MR) is 85.9 cm³/mol. The lowest BCUT2D eigenvalue weighted by atomic mass is 10.0. The first kappa shape index (κ1) is 16.0. The normalized spacial score (nSPS) is 14.0. The maximum Gasteiger partial charge on any atom is 0.240 e. The summed E-state index contributed by atoms with van der Waals surface area (Å²) in [6.07, 6.45) is 2.24. The standard InChI is InChI=1S/C16H22N4O2/c1-9(2)14(15(18)21)20-16(22)12(17)7-10-8-19-13-6-4-3-5-11(10)13/h3-6,8-9,12,14,19H,7,17H2,1-2H3,(H2,18,21)(H,20,22)/t12-,14+/m0/s1. The first-order valence-corrected chi connectivity index (χ1v) is 7.30. The van der Waals surface area contributed by atoms with E-state index in [4.69, 9.17) is 11.5 Å². The molecule has 6 nitrogen and oxygen atoms in total. The number of nitrogens with one attached hydrogen (secondary N) is 2. The minimum Gasteiger partial charge on any atom is -0.368 e. The Morgan fingerprint density at radius 1 is 1.27 bits per heavy atom. The van der Waals surface area contributed by atoms with Crippen molar-refractivity contribution >= 4 is 22.7 Å². The monoisotopic (exact) mass is 302 g/mol. The molecule has 0 bridgehead atoms. The zero-order chi connectivity index (χ0) is 16.3. The van der Waals surface area contributed by atoms with Crippen LogP contribution in [0.15, 0.2) is 30.5 Å². The van der Waals surface area contributed by atoms with Crippen molar-refractivity contribution in [3.8, 4) is 0 Å². The number of nitrogens with two attached hydrogens (primary N) is 2. The number of para-hydroxylation sites is 1. The highest BCUT2D eigenvalue weighted by Gasteiger charge is 2.25. The molecule has 1 aromatic heterocycles. The van der Waals surface area contributed by atoms with Crippen LogP contribution in [-0.4, -0.2) is 28.9 Å². The maximum absolute atomic E-state index is 12.2. The molecule has 0 fully saturated rings. The lowest BCUT2D eigenvalue weighted by molar-refractivity contribution is -0.129. The van der Waals surface area contributed by atoms with Gasteiger partial charge in [0.05, 0.1) is 6.04 Å². The zero-order valence-corrected chi connectivity index (χ0v) is 12.8. The molecule has 0 spiro atoms. The van der Waals surface area contributed by atoms with E-state index in [-0.39, 0.29) is 11.8 Å². The summed E-state index contributed by atoms with van der Waals surface area (Å²) in [5.41, 5.74) is 13.2. The van der Waals surface area contributed by atoms with Gasteiger partial charge in [0, 0.05) is 17.1 Å². The van der Waals surface area contributed by atoms with Gasteiger partial charge < -0.3 is 21.8 Å². The van der Waals surface area contributed by atoms with Gasteiger partial charge >= 0.3 is 0 Å². The summed E-state index contributed by atoms with van der Waals surface area (Å²) in [6.45, 7) is 3.64. The van der Waals surface area contributed by atoms with E-state index in [1.807, 2.05) is 44.3 Å². The third kappa shape index (κ3) is 3.46. The molecule has 0 radical (unpaired) electrons. The van der Waals surface area contributed by atoms with Crippen LogP contribution in [0.2, 0.25) is 0 Å². The molecule has 1 aromatic carbocycles. The van der Waals surface area contributed by atoms with E-state index >= 15 is 0 Å². The third-order valence-electron chi connectivity index (χ3n) is 3.72. The summed E-state index contributed by atoms with van der Waals surface area (Å²) in [5, 5.41) is 3.67. The molecule has 0 saturated heterocycles. The van der Waals surface area contributed by atoms with Gasteiger partial charge in [-0.2, -0.15) is 0 Å². The molecule has 118 valence electrons. The highest BCUT2D eigenvalue weighted by atomic mass is 16.2. The molecule has 0 saturated carbocycles. The molecule has 2 amide bonds. The van der Waals surface area contributed by atoms with Crippen molar-refractivity contribution in [1.82, 2.24) is 10.3 Å². The van der Waals surface area contributed by atoms with Crippen molar-refractivity contribution in [2.45, 2.75) is 32.4 Å². The summed E-state index contributed by atoms with van der Waals surface area (Å²) < 4.78 is 0. The second kappa shape index (κ2) is 6.62. The van der Waals surface area contributed by atoms with E-state index in [1.54, 1.807) is 0 Å². The van der Waals surface area contributed by atoms with Crippen molar-refractivity contribution in [2.24, 2.45) is 17.4 Å². The summed E-state index contributed by atoms with van der Waals surface area (Å²) >= 11 is 0. The van der Waals surface area contributed by atoms with Gasteiger partial charge in [0.15, 0.2) is 0 Å². The molecular weight excluding hydrogens is 280 g/mol. The van der Waals surface area contributed by atoms with Crippen LogP contribution in [0.5, 0.6) is 0 Å². The molecule has 0 aliphatic rings. The molecule has 2 atom stereocenters. The van der Waals surface area contributed by atoms with Crippen molar-refractivity contribution in [3.05, 3.63) is 36.0 Å². The first-order chi connectivity index (χ1) is 10.4. The number of aromatic amines is 1. The summed E-state index contributed by atoms with van der Waals surface area (Å²) in [5.74, 6) is -1.01. The van der Waals surface area contributed by atoms with E-state index in [0.717, 1.165) is 16.5 Å². The van der Waals surface area contributed by atoms with Crippen LogP contribution >= 0.6 is 0 Å². The smallest absolute Gasteiger partial charge is 0.240 e. The lowest BCUT2D eigenvalue weighted by Gasteiger charge is -2.21. The average Bonchev–Trinajstić information content (AvgIpc) is 2.87. The molecule has 1 heterocycles. The Kier molecular flexibility index (Phi) is 4.82. The maximum atomic E-state index is 12.2. The van der Waals surface area contributed by atoms with Gasteiger partial charge in [-0.3, -0.25) is 9.59 Å². The Bertz CT molecular complexity index is 678. The van der Waals surface area contributed by atoms with Gasteiger partial charge in [-0.1, -0.05) is 32.0 Å². The molecule has 0 unspecified atom stereocenters. The van der Waals surface area contributed by atoms with Crippen molar-refractivity contribution in [1.29, 1.82) is 0 Å². The fraction of sp³-hybridized carbons (Fsp3) is 0.375. The molecule has 0 aliphatic carbocycles. The fourth-order valence-corrected chi connectivity index (χ4v) is 2.46. The zero-order valence-electron chi connectivity index (χ0n) is 12.8. The lowest BCUT2D eigenvalue weighted by Crippen LogP contribution is -2.53. The molecular formula is C16H22N4O2. The summed E-state index contributed by atoms with van der Waals surface area (Å²) in [4.78, 5) is 26.7. The van der Waals surface area contributed by atoms with E-state index < -0.39 is 18.0 Å². The molecule has 0 aliphatic heterocycles. The van der Waals surface area contributed by atoms with Gasteiger partial charge in [0.2, 0.25) is 11.8 Å². The Labute approximate surface area is 129 Å². The van der Waals surface area contributed by atoms with E-state index in [2.05, 4.69) is 10.3 Å². The second-order valence-electron chi connectivity index (χ2n) is 5.80. The van der Waals surface area contributed by atoms with Crippen LogP contribution in [0.4, 0.5) is 0 Å². The number of H-pyrrole nitrogens is 1. The third-order valence-corrected chi connectivity index (χ3v) is 3.72. The van der Waals surface area contributed by atoms with Gasteiger partial charge in [0.1, 0.15) is 6.04 Å². The van der Waals surface area contributed by atoms with Gasteiger partial charge in [-0.05, 0) is 24.0 Å². The Morgan fingerprint density at radius 2 is 1.95 bits per heavy atom. The number of carbonyl (C=O) groups is 2. The number of carbonyl (C=O) groups excluding carboxylic acids is 2. The largest absolute Gasteiger partial charge is 0.368 e. The number of rotatable bonds is 6. The van der Waals surface area contributed by atoms with Crippen molar-refractivity contribution in [2.75, 3.05) is 0 Å². The van der Waals surface area contributed by atoms with Crippen LogP contribution in [0.3, 0.4) is 0 Å². The SMILES string of the molecule is CC(C)[C@@H](NC(=O)[C@@H](N)Cc1c[nH]c2ccccc12)C(N)=O. The number of primary amides is 1. The molecule has 22 heavy (non-hydrogen) atoms. The topological polar surface area (TPSA) is 114 Å². The minimum absolute atomic E-state index is 0.0817. The van der Waals surface area contributed by atoms with Gasteiger partial charge in [-0.25, -0.2) is 0 Å². The Morgan fingerprint density at radius 3 is 2.59 bits per heavy atom. The van der Waals surface area contributed by atoms with Crippen molar-refractivity contribution in [3.63, 3.8) is 0 Å². The number of amides is 2. The molecule has 6 heteroatoms. The van der Waals surface area contributed by atoms with Crippen LogP contribution in [0.1, 0.15) is 19.4 Å². The highest BCUT2D eigenvalue weighted by molar-refractivity contribution is 5.90. The van der Waals surface area contributed by atoms with Crippen LogP contribution < -0.4 is 16.8 Å². The van der Waals surface area contributed by atoms with E-state index in [0.29, 0.717) is 6.42 Å². The number of aromatic nitrogens is 1. The minimum atomic E-state index is -0.736. The second-order valence-corrected chi connectivity index (χ2v) is 5.80. The number of hydrogen-bond acceptors (Lipinski definition) is 3. The van der Waals surface area contributed by atoms with Crippen LogP contribution in [0, 0.1) is 5.92 Å². The predicted octanol–water partition coefficient (Wildman–Crippen LogP) is 0.664. The average molecular weight is 302 g/mol. The molecule has 2 aromatic rings. The van der Waals surface area contributed by atoms with Crippen molar-refractivity contribution < 1.29 is 9.59 Å². The first-order valence-electron chi connectivity index (χ1n) is 7.30. The van der Waals surface area contributed by atoms with E-state index in [1.165, 1.54) is 0 Å².